The number of aliphatic carboxylic acids is 2. The average Bonchev–Trinajstić information content (AvgIpc) is 3.64. The van der Waals surface area contributed by atoms with Gasteiger partial charge in [0.25, 0.3) is 11.8 Å². The Bertz CT molecular complexity index is 1770. The van der Waals surface area contributed by atoms with E-state index in [1.807, 2.05) is 0 Å². The number of oxime groups is 1. The number of anilines is 1. The predicted molar refractivity (Wildman–Crippen MR) is 165 cm³/mol. The lowest BCUT2D eigenvalue weighted by molar-refractivity contribution is -0.161. The van der Waals surface area contributed by atoms with Crippen LogP contribution in [0.4, 0.5) is 5.13 Å². The van der Waals surface area contributed by atoms with Crippen LogP contribution in [0.15, 0.2) is 44.3 Å². The Hall–Kier alpha value is -4.40. The zero-order valence-corrected chi connectivity index (χ0v) is 26.4. The zero-order chi connectivity index (χ0) is 32.6. The summed E-state index contributed by atoms with van der Waals surface area (Å²) in [6, 6.07) is 3.15. The van der Waals surface area contributed by atoms with E-state index in [0.29, 0.717) is 20.5 Å². The number of amides is 2. The molecule has 0 aliphatic carbocycles. The Morgan fingerprint density at radius 3 is 2.62 bits per heavy atom. The lowest BCUT2D eigenvalue weighted by Gasteiger charge is -2.49. The Morgan fingerprint density at radius 2 is 1.98 bits per heavy atom. The van der Waals surface area contributed by atoms with Crippen LogP contribution in [-0.4, -0.2) is 98.5 Å². The van der Waals surface area contributed by atoms with E-state index in [2.05, 4.69) is 25.7 Å². The van der Waals surface area contributed by atoms with Crippen molar-refractivity contribution >= 4 is 80.8 Å². The third-order valence-corrected chi connectivity index (χ3v) is 10.6. The van der Waals surface area contributed by atoms with Crippen molar-refractivity contribution in [2.24, 2.45) is 5.16 Å². The molecule has 0 radical (unpaired) electrons. The fourth-order valence-corrected chi connectivity index (χ4v) is 7.87. The standard InChI is InChI=1S/C25H23N7O9S4/c1-25(2,22(39)40)41-31-14(11-8-43-23(26)27-11)17(35)28-15-19(36)32-16(21(37)38)10(6-42-20(15)32)7-44-24-30-29-18(45-24)9-3-4-12(33)13(34)5-9/h3-5,8,15,20,33-34H,6-7H2,1-2H3,(H2,26,27)(H,28,35)(H,37,38)(H,39,40)/t15-,20-/m1/s1. The van der Waals surface area contributed by atoms with Gasteiger partial charge in [-0.2, -0.15) is 0 Å². The molecule has 236 valence electrons. The number of rotatable bonds is 11. The van der Waals surface area contributed by atoms with Crippen molar-refractivity contribution in [1.82, 2.24) is 25.4 Å². The molecule has 2 aliphatic heterocycles. The number of carbonyl (C=O) groups is 4. The second-order valence-electron chi connectivity index (χ2n) is 9.90. The maximum Gasteiger partial charge on any atom is 0.352 e. The van der Waals surface area contributed by atoms with Gasteiger partial charge in [-0.1, -0.05) is 28.3 Å². The first-order valence-corrected chi connectivity index (χ1v) is 16.4. The fraction of sp³-hybridized carbons (Fsp3) is 0.280. The molecule has 0 saturated carbocycles. The predicted octanol–water partition coefficient (Wildman–Crippen LogP) is 1.77. The minimum absolute atomic E-state index is 0.00333. The van der Waals surface area contributed by atoms with Crippen LogP contribution in [0.3, 0.4) is 0 Å². The van der Waals surface area contributed by atoms with Gasteiger partial charge in [-0.15, -0.1) is 33.3 Å². The van der Waals surface area contributed by atoms with Crippen molar-refractivity contribution in [3.63, 3.8) is 0 Å². The third-order valence-electron chi connectivity index (χ3n) is 6.39. The Kier molecular flexibility index (Phi) is 8.92. The first-order chi connectivity index (χ1) is 21.3. The molecule has 0 unspecified atom stereocenters. The molecule has 20 heteroatoms. The highest BCUT2D eigenvalue weighted by Crippen LogP contribution is 2.42. The quantitative estimate of drug-likeness (QED) is 0.0550. The lowest BCUT2D eigenvalue weighted by Crippen LogP contribution is -2.71. The number of thiazole rings is 1. The topological polar surface area (TPSA) is 251 Å². The van der Waals surface area contributed by atoms with Crippen LogP contribution >= 0.6 is 46.2 Å². The number of benzene rings is 1. The molecule has 1 fully saturated rings. The summed E-state index contributed by atoms with van der Waals surface area (Å²) in [6.45, 7) is 2.47. The third kappa shape index (κ3) is 6.53. The summed E-state index contributed by atoms with van der Waals surface area (Å²) in [5.41, 5.74) is 4.32. The second kappa shape index (κ2) is 12.5. The second-order valence-corrected chi connectivity index (χ2v) is 14.1. The van der Waals surface area contributed by atoms with E-state index in [9.17, 15) is 39.6 Å². The number of aromatic nitrogens is 3. The van der Waals surface area contributed by atoms with E-state index in [-0.39, 0.29) is 39.5 Å². The summed E-state index contributed by atoms with van der Waals surface area (Å²) < 4.78 is 0.518. The van der Waals surface area contributed by atoms with Gasteiger partial charge in [0.15, 0.2) is 26.7 Å². The molecule has 0 spiro atoms. The molecule has 2 amide bonds. The van der Waals surface area contributed by atoms with E-state index in [1.54, 1.807) is 6.07 Å². The molecule has 0 bridgehead atoms. The molecular weight excluding hydrogens is 671 g/mol. The number of nitrogen functional groups attached to an aromatic ring is 1. The minimum atomic E-state index is -1.78. The van der Waals surface area contributed by atoms with Gasteiger partial charge in [0, 0.05) is 22.4 Å². The maximum atomic E-state index is 13.2. The number of phenols is 2. The summed E-state index contributed by atoms with van der Waals surface area (Å²) in [4.78, 5) is 60.4. The first-order valence-electron chi connectivity index (χ1n) is 12.7. The van der Waals surface area contributed by atoms with Crippen LogP contribution in [0.5, 0.6) is 11.5 Å². The highest BCUT2D eigenvalue weighted by Gasteiger charge is 2.54. The van der Waals surface area contributed by atoms with E-state index in [0.717, 1.165) is 16.2 Å². The van der Waals surface area contributed by atoms with Crippen molar-refractivity contribution < 1.29 is 44.4 Å². The molecule has 2 aromatic heterocycles. The van der Waals surface area contributed by atoms with Crippen LogP contribution in [0.25, 0.3) is 10.6 Å². The highest BCUT2D eigenvalue weighted by atomic mass is 32.2. The number of carbonyl (C=O) groups excluding carboxylic acids is 2. The summed E-state index contributed by atoms with van der Waals surface area (Å²) in [6.07, 6.45) is 0. The molecule has 2 atom stereocenters. The number of carboxylic acids is 2. The van der Waals surface area contributed by atoms with Crippen LogP contribution in [-0.2, 0) is 24.0 Å². The van der Waals surface area contributed by atoms with E-state index in [4.69, 9.17) is 10.6 Å². The molecule has 2 aliphatic rings. The Morgan fingerprint density at radius 1 is 1.22 bits per heavy atom. The largest absolute Gasteiger partial charge is 0.504 e. The molecule has 5 rings (SSSR count). The zero-order valence-electron chi connectivity index (χ0n) is 23.2. The molecular formula is C25H23N7O9S4. The number of fused-ring (bicyclic) bond motifs is 1. The van der Waals surface area contributed by atoms with Crippen LogP contribution in [0.2, 0.25) is 0 Å². The molecule has 1 saturated heterocycles. The van der Waals surface area contributed by atoms with Crippen molar-refractivity contribution in [2.45, 2.75) is 35.2 Å². The van der Waals surface area contributed by atoms with Crippen LogP contribution < -0.4 is 11.1 Å². The number of β-lactam (4-membered cyclic amide) rings is 1. The number of thioether (sulfide) groups is 2. The SMILES string of the molecule is CC(C)(ON=C(C(=O)N[C@@H]1C(=O)N2C(C(=O)O)=C(CSc3nnc(-c4ccc(O)c(O)c4)s3)CS[C@H]12)c1csc(N)n1)C(=O)O. The van der Waals surface area contributed by atoms with E-state index in [1.165, 1.54) is 66.2 Å². The van der Waals surface area contributed by atoms with E-state index >= 15 is 0 Å². The van der Waals surface area contributed by atoms with Crippen LogP contribution in [0.1, 0.15) is 19.5 Å². The number of aromatic hydroxyl groups is 2. The molecule has 45 heavy (non-hydrogen) atoms. The summed E-state index contributed by atoms with van der Waals surface area (Å²) >= 11 is 4.70. The summed E-state index contributed by atoms with van der Waals surface area (Å²) in [7, 11) is 0. The number of nitrogens with one attached hydrogen (secondary N) is 1. The van der Waals surface area contributed by atoms with Gasteiger partial charge in [0.1, 0.15) is 27.8 Å². The molecule has 1 aromatic carbocycles. The monoisotopic (exact) mass is 693 g/mol. The number of phenolic OH excluding ortho intramolecular Hbond substituents is 2. The van der Waals surface area contributed by atoms with Crippen molar-refractivity contribution in [2.75, 3.05) is 17.2 Å². The van der Waals surface area contributed by atoms with Gasteiger partial charge in [0.05, 0.1) is 0 Å². The molecule has 4 heterocycles. The average molecular weight is 694 g/mol. The van der Waals surface area contributed by atoms with Gasteiger partial charge < -0.3 is 36.3 Å². The number of hydrogen-bond donors (Lipinski definition) is 6. The number of nitrogens with two attached hydrogens (primary N) is 1. The maximum absolute atomic E-state index is 13.2. The number of carboxylic acid groups (broad SMARTS) is 2. The molecule has 3 aromatic rings. The summed E-state index contributed by atoms with van der Waals surface area (Å²) in [5.74, 6) is -4.33. The molecule has 16 nitrogen and oxygen atoms in total. The van der Waals surface area contributed by atoms with Gasteiger partial charge in [-0.3, -0.25) is 14.5 Å². The first kappa shape index (κ1) is 32.0. The van der Waals surface area contributed by atoms with Gasteiger partial charge in [-0.25, -0.2) is 14.6 Å². The van der Waals surface area contributed by atoms with Gasteiger partial charge in [-0.05, 0) is 37.6 Å². The highest BCUT2D eigenvalue weighted by molar-refractivity contribution is 8.01. The van der Waals surface area contributed by atoms with Crippen LogP contribution in [0, 0.1) is 0 Å². The van der Waals surface area contributed by atoms with Crippen molar-refractivity contribution in [1.29, 1.82) is 0 Å². The summed E-state index contributed by atoms with van der Waals surface area (Å²) in [5, 5.41) is 54.4. The smallest absolute Gasteiger partial charge is 0.352 e. The van der Waals surface area contributed by atoms with E-state index < -0.39 is 46.5 Å². The van der Waals surface area contributed by atoms with Crippen molar-refractivity contribution in [3.05, 3.63) is 40.5 Å². The normalized spacial score (nSPS) is 18.3. The van der Waals surface area contributed by atoms with Crippen molar-refractivity contribution in [3.8, 4) is 22.1 Å². The molecule has 7 N–H and O–H groups in total. The Balaban J connectivity index is 1.29. The minimum Gasteiger partial charge on any atom is -0.504 e. The van der Waals surface area contributed by atoms with Gasteiger partial charge >= 0.3 is 11.9 Å². The lowest BCUT2D eigenvalue weighted by atomic mass is 10.0. The van der Waals surface area contributed by atoms with Gasteiger partial charge in [0.2, 0.25) is 5.60 Å². The fourth-order valence-electron chi connectivity index (χ4n) is 3.99. The number of hydrogen-bond acceptors (Lipinski definition) is 16. The number of nitrogens with zero attached hydrogens (tertiary/aromatic N) is 5. The Labute approximate surface area is 270 Å².